The summed E-state index contributed by atoms with van der Waals surface area (Å²) < 4.78 is 11.2. The van der Waals surface area contributed by atoms with Gasteiger partial charge in [-0.1, -0.05) is 169 Å². The van der Waals surface area contributed by atoms with Crippen LogP contribution in [-0.4, -0.2) is 87.5 Å². The van der Waals surface area contributed by atoms with E-state index in [2.05, 4.69) is 79.0 Å². The Morgan fingerprint density at radius 3 is 1.95 bits per heavy atom. The first kappa shape index (κ1) is 46.7. The van der Waals surface area contributed by atoms with Gasteiger partial charge in [0.25, 0.3) is 0 Å². The zero-order valence-corrected chi connectivity index (χ0v) is 35.4. The first-order valence-corrected chi connectivity index (χ1v) is 22.7. The molecule has 7 atom stereocenters. The largest absolute Gasteiger partial charge is 0.394 e. The summed E-state index contributed by atoms with van der Waals surface area (Å²) in [5, 5.41) is 62.1. The minimum Gasteiger partial charge on any atom is -0.394 e. The van der Waals surface area contributed by atoms with Gasteiger partial charge in [-0.2, -0.15) is 0 Å². The highest BCUT2D eigenvalue weighted by molar-refractivity contribution is 6.24. The van der Waals surface area contributed by atoms with Crippen LogP contribution in [0.4, 0.5) is 0 Å². The summed E-state index contributed by atoms with van der Waals surface area (Å²) in [7, 11) is 0. The minimum atomic E-state index is -1.58. The molecule has 1 amide bonds. The number of ether oxygens (including phenoxy) is 2. The zero-order chi connectivity index (χ0) is 41.8. The molecule has 1 saturated heterocycles. The number of carbonyl (C=O) groups is 1. The highest BCUT2D eigenvalue weighted by Crippen LogP contribution is 2.36. The van der Waals surface area contributed by atoms with Crippen molar-refractivity contribution in [1.29, 1.82) is 0 Å². The summed E-state index contributed by atoms with van der Waals surface area (Å²) in [6.45, 7) is 1.46. The number of carbonyl (C=O) groups excluding carboxylic acids is 1. The van der Waals surface area contributed by atoms with Gasteiger partial charge in [0.05, 0.1) is 25.4 Å². The van der Waals surface area contributed by atoms with E-state index in [0.29, 0.717) is 6.42 Å². The standard InChI is InChI=1S/C50H71NO8/c1-2-3-4-5-6-7-8-9-10-11-14-17-20-26-42(53)41(35-58-50-49(57)48(56)47(55)43(34-52)59-50)51-44(54)27-21-18-15-12-13-16-19-23-36-28-29-39-31-30-37-24-22-25-38-32-33-40(36)46(39)45(37)38/h19-20,22-26,28-33,41-43,47-50,52-53,55-57H,2-18,21,27,34-35H2,1H3,(H,51,54)/b23-19+,26-20+/t41?,42-,43-,47+,48+,49-,50+/m1/s1. The van der Waals surface area contributed by atoms with Gasteiger partial charge in [0, 0.05) is 6.42 Å². The third-order valence-electron chi connectivity index (χ3n) is 12.0. The quantitative estimate of drug-likeness (QED) is 0.0189. The number of hydrogen-bond donors (Lipinski definition) is 6. The van der Waals surface area contributed by atoms with Gasteiger partial charge in [-0.05, 0) is 70.0 Å². The van der Waals surface area contributed by atoms with E-state index in [4.69, 9.17) is 9.47 Å². The molecule has 5 rings (SSSR count). The van der Waals surface area contributed by atoms with Crippen LogP contribution in [0.15, 0.2) is 72.8 Å². The van der Waals surface area contributed by atoms with Crippen LogP contribution in [0.3, 0.4) is 0 Å². The predicted octanol–water partition coefficient (Wildman–Crippen LogP) is 9.25. The molecule has 324 valence electrons. The maximum absolute atomic E-state index is 13.1. The van der Waals surface area contributed by atoms with E-state index in [1.54, 1.807) is 6.08 Å². The molecular weight excluding hydrogens is 743 g/mol. The van der Waals surface area contributed by atoms with Crippen LogP contribution in [0.2, 0.25) is 0 Å². The maximum Gasteiger partial charge on any atom is 0.220 e. The molecule has 0 spiro atoms. The lowest BCUT2D eigenvalue weighted by Gasteiger charge is -2.40. The van der Waals surface area contributed by atoms with Gasteiger partial charge < -0.3 is 40.3 Å². The summed E-state index contributed by atoms with van der Waals surface area (Å²) in [6.07, 6.45) is 20.8. The smallest absolute Gasteiger partial charge is 0.220 e. The number of nitrogens with one attached hydrogen (secondary N) is 1. The second kappa shape index (κ2) is 25.4. The Labute approximate surface area is 351 Å². The van der Waals surface area contributed by atoms with Crippen LogP contribution in [0.25, 0.3) is 38.4 Å². The molecule has 4 aromatic rings. The van der Waals surface area contributed by atoms with Crippen molar-refractivity contribution in [2.24, 2.45) is 0 Å². The Hall–Kier alpha value is -3.41. The summed E-state index contributed by atoms with van der Waals surface area (Å²) in [5.74, 6) is -0.207. The molecule has 1 heterocycles. The topological polar surface area (TPSA) is 149 Å². The average Bonchev–Trinajstić information content (AvgIpc) is 3.25. The number of hydrogen-bond acceptors (Lipinski definition) is 8. The van der Waals surface area contributed by atoms with E-state index in [0.717, 1.165) is 57.8 Å². The number of allylic oxidation sites excluding steroid dienone is 2. The van der Waals surface area contributed by atoms with Crippen molar-refractivity contribution < 1.29 is 39.8 Å². The second-order valence-corrected chi connectivity index (χ2v) is 16.7. The molecule has 1 aliphatic heterocycles. The molecule has 0 saturated carbocycles. The van der Waals surface area contributed by atoms with Gasteiger partial charge in [0.15, 0.2) is 6.29 Å². The van der Waals surface area contributed by atoms with E-state index in [9.17, 15) is 30.3 Å². The van der Waals surface area contributed by atoms with Crippen LogP contribution in [0, 0.1) is 0 Å². The van der Waals surface area contributed by atoms with Gasteiger partial charge in [0.1, 0.15) is 24.4 Å². The number of aliphatic hydroxyl groups is 5. The third kappa shape index (κ3) is 14.1. The van der Waals surface area contributed by atoms with Crippen LogP contribution in [-0.2, 0) is 14.3 Å². The number of aliphatic hydroxyl groups excluding tert-OH is 5. The Balaban J connectivity index is 1.01. The molecular formula is C50H71NO8. The van der Waals surface area contributed by atoms with Crippen molar-refractivity contribution >= 4 is 44.3 Å². The van der Waals surface area contributed by atoms with Crippen molar-refractivity contribution in [1.82, 2.24) is 5.32 Å². The monoisotopic (exact) mass is 814 g/mol. The second-order valence-electron chi connectivity index (χ2n) is 16.7. The van der Waals surface area contributed by atoms with Crippen molar-refractivity contribution in [3.05, 3.63) is 78.4 Å². The Morgan fingerprint density at radius 2 is 1.29 bits per heavy atom. The number of benzene rings is 4. The fourth-order valence-corrected chi connectivity index (χ4v) is 8.40. The summed E-state index contributed by atoms with van der Waals surface area (Å²) >= 11 is 0. The SMILES string of the molecule is CCCCCCCCCCCCC/C=C/[C@@H](O)C(CO[C@H]1O[C@H](CO)[C@H](O)[C@H](O)[C@H]1O)NC(=O)CCCCCCC/C=C/c1ccc2ccc3cccc4ccc1c2c34. The van der Waals surface area contributed by atoms with E-state index < -0.39 is 49.5 Å². The lowest BCUT2D eigenvalue weighted by molar-refractivity contribution is -0.302. The Kier molecular flexibility index (Phi) is 20.1. The summed E-state index contributed by atoms with van der Waals surface area (Å²) in [6, 6.07) is 19.0. The first-order chi connectivity index (χ1) is 28.8. The van der Waals surface area contributed by atoms with E-state index in [1.807, 2.05) is 6.08 Å². The Bertz CT molecular complexity index is 1840. The average molecular weight is 814 g/mol. The first-order valence-electron chi connectivity index (χ1n) is 22.7. The summed E-state index contributed by atoms with van der Waals surface area (Å²) in [5.41, 5.74) is 1.24. The lowest BCUT2D eigenvalue weighted by Crippen LogP contribution is -2.60. The molecule has 0 aromatic heterocycles. The van der Waals surface area contributed by atoms with Crippen LogP contribution < -0.4 is 5.32 Å². The number of amides is 1. The molecule has 59 heavy (non-hydrogen) atoms. The van der Waals surface area contributed by atoms with E-state index in [1.165, 1.54) is 95.7 Å². The van der Waals surface area contributed by atoms with Gasteiger partial charge >= 0.3 is 0 Å². The fourth-order valence-electron chi connectivity index (χ4n) is 8.40. The highest BCUT2D eigenvalue weighted by atomic mass is 16.7. The van der Waals surface area contributed by atoms with Gasteiger partial charge in [0.2, 0.25) is 5.91 Å². The van der Waals surface area contributed by atoms with Gasteiger partial charge in [-0.25, -0.2) is 0 Å². The van der Waals surface area contributed by atoms with Crippen molar-refractivity contribution in [2.45, 2.75) is 172 Å². The Morgan fingerprint density at radius 1 is 0.712 bits per heavy atom. The van der Waals surface area contributed by atoms with E-state index in [-0.39, 0.29) is 12.5 Å². The zero-order valence-electron chi connectivity index (χ0n) is 35.4. The lowest BCUT2D eigenvalue weighted by atomic mass is 9.92. The number of unbranched alkanes of at least 4 members (excludes halogenated alkanes) is 16. The fraction of sp³-hybridized carbons (Fsp3) is 0.580. The molecule has 1 fully saturated rings. The van der Waals surface area contributed by atoms with Crippen LogP contribution >= 0.6 is 0 Å². The molecule has 1 aliphatic rings. The molecule has 0 aliphatic carbocycles. The molecule has 9 heteroatoms. The highest BCUT2D eigenvalue weighted by Gasteiger charge is 2.44. The molecule has 9 nitrogen and oxygen atoms in total. The van der Waals surface area contributed by atoms with Crippen molar-refractivity contribution in [3.63, 3.8) is 0 Å². The van der Waals surface area contributed by atoms with Crippen molar-refractivity contribution in [2.75, 3.05) is 13.2 Å². The third-order valence-corrected chi connectivity index (χ3v) is 12.0. The van der Waals surface area contributed by atoms with Gasteiger partial charge in [-0.15, -0.1) is 0 Å². The van der Waals surface area contributed by atoms with Crippen LogP contribution in [0.5, 0.6) is 0 Å². The van der Waals surface area contributed by atoms with Crippen LogP contribution in [0.1, 0.15) is 134 Å². The normalized spacial score (nSPS) is 21.1. The molecule has 6 N–H and O–H groups in total. The molecule has 1 unspecified atom stereocenters. The minimum absolute atomic E-state index is 0.207. The molecule has 4 aromatic carbocycles. The predicted molar refractivity (Wildman–Crippen MR) is 239 cm³/mol. The molecule has 0 radical (unpaired) electrons. The van der Waals surface area contributed by atoms with Gasteiger partial charge in [-0.3, -0.25) is 4.79 Å². The molecule has 0 bridgehead atoms. The summed E-state index contributed by atoms with van der Waals surface area (Å²) in [4.78, 5) is 13.1. The number of rotatable bonds is 28. The van der Waals surface area contributed by atoms with Crippen molar-refractivity contribution in [3.8, 4) is 0 Å². The van der Waals surface area contributed by atoms with E-state index >= 15 is 0 Å². The maximum atomic E-state index is 13.1.